The van der Waals surface area contributed by atoms with Crippen LogP contribution < -0.4 is 16.0 Å². The highest BCUT2D eigenvalue weighted by Gasteiger charge is 2.32. The van der Waals surface area contributed by atoms with Crippen LogP contribution in [0.4, 0.5) is 4.79 Å². The van der Waals surface area contributed by atoms with Crippen molar-refractivity contribution < 1.29 is 9.53 Å². The molecule has 17 heavy (non-hydrogen) atoms. The first-order chi connectivity index (χ1) is 8.22. The highest BCUT2D eigenvalue weighted by Crippen LogP contribution is 2.28. The van der Waals surface area contributed by atoms with Crippen LogP contribution in [0.2, 0.25) is 0 Å². The van der Waals surface area contributed by atoms with Gasteiger partial charge < -0.3 is 20.7 Å². The van der Waals surface area contributed by atoms with Crippen molar-refractivity contribution in [1.29, 1.82) is 0 Å². The van der Waals surface area contributed by atoms with Crippen molar-refractivity contribution in [2.24, 2.45) is 5.41 Å². The molecule has 5 heteroatoms. The molecule has 0 aliphatic carbocycles. The molecule has 3 N–H and O–H groups in total. The third-order valence-electron chi connectivity index (χ3n) is 3.15. The van der Waals surface area contributed by atoms with Crippen LogP contribution in [0, 0.1) is 5.41 Å². The lowest BCUT2D eigenvalue weighted by molar-refractivity contribution is 0.0555. The normalized spacial score (nSPS) is 18.4. The summed E-state index contributed by atoms with van der Waals surface area (Å²) in [6.07, 6.45) is 3.72. The van der Waals surface area contributed by atoms with Gasteiger partial charge in [0.25, 0.3) is 0 Å². The van der Waals surface area contributed by atoms with Gasteiger partial charge in [0.15, 0.2) is 0 Å². The number of urea groups is 1. The van der Waals surface area contributed by atoms with Crippen molar-refractivity contribution in [3.63, 3.8) is 0 Å². The van der Waals surface area contributed by atoms with Crippen molar-refractivity contribution in [3.05, 3.63) is 12.7 Å². The summed E-state index contributed by atoms with van der Waals surface area (Å²) in [6, 6.07) is -0.140. The molecule has 0 radical (unpaired) electrons. The van der Waals surface area contributed by atoms with Crippen LogP contribution >= 0.6 is 0 Å². The highest BCUT2D eigenvalue weighted by molar-refractivity contribution is 5.73. The number of rotatable bonds is 6. The zero-order valence-corrected chi connectivity index (χ0v) is 10.6. The Morgan fingerprint density at radius 3 is 2.76 bits per heavy atom. The number of piperidine rings is 1. The van der Waals surface area contributed by atoms with Crippen LogP contribution in [0.5, 0.6) is 0 Å². The van der Waals surface area contributed by atoms with Crippen LogP contribution in [-0.4, -0.2) is 45.9 Å². The number of hydrogen-bond acceptors (Lipinski definition) is 3. The molecule has 0 atom stereocenters. The van der Waals surface area contributed by atoms with Gasteiger partial charge in [0.05, 0.1) is 6.61 Å². The van der Waals surface area contributed by atoms with Gasteiger partial charge in [-0.1, -0.05) is 6.08 Å². The minimum absolute atomic E-state index is 0.0749. The number of nitrogens with one attached hydrogen (secondary N) is 3. The molecule has 1 rings (SSSR count). The zero-order chi connectivity index (χ0) is 12.6. The van der Waals surface area contributed by atoms with Crippen molar-refractivity contribution in [3.8, 4) is 0 Å². The van der Waals surface area contributed by atoms with Gasteiger partial charge >= 0.3 is 6.03 Å². The lowest BCUT2D eigenvalue weighted by atomic mass is 9.79. The van der Waals surface area contributed by atoms with E-state index in [1.54, 1.807) is 13.2 Å². The largest absolute Gasteiger partial charge is 0.384 e. The van der Waals surface area contributed by atoms with E-state index in [4.69, 9.17) is 4.74 Å². The number of amides is 2. The molecule has 0 aromatic carbocycles. The van der Waals surface area contributed by atoms with Gasteiger partial charge in [-0.25, -0.2) is 4.79 Å². The average Bonchev–Trinajstić information content (AvgIpc) is 2.35. The van der Waals surface area contributed by atoms with E-state index >= 15 is 0 Å². The molecule has 0 spiro atoms. The quantitative estimate of drug-likeness (QED) is 0.593. The highest BCUT2D eigenvalue weighted by atomic mass is 16.5. The van der Waals surface area contributed by atoms with Crippen molar-refractivity contribution >= 4 is 6.03 Å². The van der Waals surface area contributed by atoms with Crippen LogP contribution in [0.1, 0.15) is 12.8 Å². The summed E-state index contributed by atoms with van der Waals surface area (Å²) in [6.45, 7) is 7.37. The van der Waals surface area contributed by atoms with Gasteiger partial charge in [-0.3, -0.25) is 0 Å². The third kappa shape index (κ3) is 4.75. The van der Waals surface area contributed by atoms with E-state index in [2.05, 4.69) is 22.5 Å². The molecule has 0 aromatic heterocycles. The molecule has 1 heterocycles. The first-order valence-corrected chi connectivity index (χ1v) is 6.05. The van der Waals surface area contributed by atoms with Crippen LogP contribution in [-0.2, 0) is 4.74 Å². The van der Waals surface area contributed by atoms with Gasteiger partial charge in [-0.05, 0) is 25.9 Å². The molecule has 2 amide bonds. The molecular weight excluding hydrogens is 218 g/mol. The van der Waals surface area contributed by atoms with E-state index in [9.17, 15) is 4.79 Å². The molecule has 1 aliphatic heterocycles. The Hall–Kier alpha value is -1.07. The standard InChI is InChI=1S/C12H23N3O2/c1-3-6-14-11(16)15-9-12(10-17-2)4-7-13-8-5-12/h3,13H,1,4-10H2,2H3,(H2,14,15,16). The number of methoxy groups -OCH3 is 1. The first kappa shape index (κ1) is 14.0. The minimum Gasteiger partial charge on any atom is -0.384 e. The Labute approximate surface area is 103 Å². The summed E-state index contributed by atoms with van der Waals surface area (Å²) in [7, 11) is 1.71. The molecule has 0 aromatic rings. The van der Waals surface area contributed by atoms with E-state index in [0.29, 0.717) is 19.7 Å². The molecule has 1 aliphatic rings. The van der Waals surface area contributed by atoms with Crippen molar-refractivity contribution in [2.75, 3.05) is 39.9 Å². The Balaban J connectivity index is 2.38. The minimum atomic E-state index is -0.140. The number of carbonyl (C=O) groups excluding carboxylic acids is 1. The van der Waals surface area contributed by atoms with Gasteiger partial charge in [-0.2, -0.15) is 0 Å². The molecule has 5 nitrogen and oxygen atoms in total. The number of hydrogen-bond donors (Lipinski definition) is 3. The summed E-state index contributed by atoms with van der Waals surface area (Å²) >= 11 is 0. The van der Waals surface area contributed by atoms with E-state index in [1.165, 1.54) is 0 Å². The fourth-order valence-electron chi connectivity index (χ4n) is 2.13. The second-order valence-corrected chi connectivity index (χ2v) is 4.54. The molecule has 98 valence electrons. The van der Waals surface area contributed by atoms with Gasteiger partial charge in [-0.15, -0.1) is 6.58 Å². The lowest BCUT2D eigenvalue weighted by Crippen LogP contribution is -2.49. The maximum absolute atomic E-state index is 11.5. The summed E-state index contributed by atoms with van der Waals surface area (Å²) in [4.78, 5) is 11.5. The smallest absolute Gasteiger partial charge is 0.315 e. The second-order valence-electron chi connectivity index (χ2n) is 4.54. The van der Waals surface area contributed by atoms with E-state index in [0.717, 1.165) is 25.9 Å². The van der Waals surface area contributed by atoms with E-state index < -0.39 is 0 Å². The fourth-order valence-corrected chi connectivity index (χ4v) is 2.13. The number of ether oxygens (including phenoxy) is 1. The average molecular weight is 241 g/mol. The predicted molar refractivity (Wildman–Crippen MR) is 68.0 cm³/mol. The van der Waals surface area contributed by atoms with Gasteiger partial charge in [0.2, 0.25) is 0 Å². The van der Waals surface area contributed by atoms with Gasteiger partial charge in [0, 0.05) is 25.6 Å². The Morgan fingerprint density at radius 1 is 1.47 bits per heavy atom. The van der Waals surface area contributed by atoms with E-state index in [-0.39, 0.29) is 11.4 Å². The Kier molecular flexibility index (Phi) is 6.00. The lowest BCUT2D eigenvalue weighted by Gasteiger charge is -2.37. The summed E-state index contributed by atoms with van der Waals surface area (Å²) in [5.41, 5.74) is 0.0749. The first-order valence-electron chi connectivity index (χ1n) is 6.05. The van der Waals surface area contributed by atoms with Gasteiger partial charge in [0.1, 0.15) is 0 Å². The molecular formula is C12H23N3O2. The third-order valence-corrected chi connectivity index (χ3v) is 3.15. The summed E-state index contributed by atoms with van der Waals surface area (Å²) in [5.74, 6) is 0. The van der Waals surface area contributed by atoms with Crippen molar-refractivity contribution in [1.82, 2.24) is 16.0 Å². The maximum Gasteiger partial charge on any atom is 0.315 e. The molecule has 1 saturated heterocycles. The summed E-state index contributed by atoms with van der Waals surface area (Å²) in [5, 5.41) is 8.94. The number of carbonyl (C=O) groups is 1. The van der Waals surface area contributed by atoms with Crippen molar-refractivity contribution in [2.45, 2.75) is 12.8 Å². The maximum atomic E-state index is 11.5. The van der Waals surface area contributed by atoms with Crippen LogP contribution in [0.25, 0.3) is 0 Å². The molecule has 1 fully saturated rings. The topological polar surface area (TPSA) is 62.4 Å². The SMILES string of the molecule is C=CCNC(=O)NCC1(COC)CCNCC1. The summed E-state index contributed by atoms with van der Waals surface area (Å²) < 4.78 is 5.28. The second kappa shape index (κ2) is 7.29. The fraction of sp³-hybridized carbons (Fsp3) is 0.750. The molecule has 0 bridgehead atoms. The predicted octanol–water partition coefficient (Wildman–Crippen LogP) is 0.488. The van der Waals surface area contributed by atoms with Crippen LogP contribution in [0.15, 0.2) is 12.7 Å². The monoisotopic (exact) mass is 241 g/mol. The van der Waals surface area contributed by atoms with Crippen LogP contribution in [0.3, 0.4) is 0 Å². The van der Waals surface area contributed by atoms with E-state index in [1.807, 2.05) is 0 Å². The Bertz CT molecular complexity index is 245. The molecule has 0 saturated carbocycles. The zero-order valence-electron chi connectivity index (χ0n) is 10.6. The Morgan fingerprint density at radius 2 is 2.18 bits per heavy atom. The molecule has 0 unspecified atom stereocenters.